The maximum absolute atomic E-state index is 12.9. The molecule has 154 valence electrons. The number of nitrogens with zero attached hydrogens (tertiary/aromatic N) is 3. The minimum atomic E-state index is -4.35. The van der Waals surface area contributed by atoms with Gasteiger partial charge in [0.25, 0.3) is 0 Å². The predicted octanol–water partition coefficient (Wildman–Crippen LogP) is 3.10. The zero-order valence-electron chi connectivity index (χ0n) is 15.7. The van der Waals surface area contributed by atoms with Crippen LogP contribution >= 0.6 is 0 Å². The molecule has 6 nitrogen and oxygen atoms in total. The normalized spacial score (nSPS) is 15.9. The molecule has 0 amide bonds. The van der Waals surface area contributed by atoms with Crippen LogP contribution in [0.15, 0.2) is 53.3 Å². The van der Waals surface area contributed by atoms with Crippen LogP contribution in [0.4, 0.5) is 18.9 Å². The third kappa shape index (κ3) is 4.30. The van der Waals surface area contributed by atoms with Crippen molar-refractivity contribution in [3.63, 3.8) is 0 Å². The molecule has 1 aliphatic rings. The second kappa shape index (κ2) is 7.92. The van der Waals surface area contributed by atoms with Gasteiger partial charge in [-0.15, -0.1) is 0 Å². The van der Waals surface area contributed by atoms with E-state index in [-0.39, 0.29) is 5.69 Å². The summed E-state index contributed by atoms with van der Waals surface area (Å²) in [5.41, 5.74) is 1.36. The minimum absolute atomic E-state index is 0.177. The van der Waals surface area contributed by atoms with Crippen molar-refractivity contribution in [1.82, 2.24) is 14.6 Å². The molecule has 1 N–H and O–H groups in total. The van der Waals surface area contributed by atoms with Gasteiger partial charge in [0, 0.05) is 31.9 Å². The summed E-state index contributed by atoms with van der Waals surface area (Å²) in [4.78, 5) is 22.6. The summed E-state index contributed by atoms with van der Waals surface area (Å²) in [6, 6.07) is 12.8. The van der Waals surface area contributed by atoms with Gasteiger partial charge >= 0.3 is 11.9 Å². The zero-order valence-corrected chi connectivity index (χ0v) is 15.7. The van der Waals surface area contributed by atoms with Crippen molar-refractivity contribution in [2.24, 2.45) is 0 Å². The number of halogens is 3. The number of H-pyrrole nitrogens is 1. The Hall–Kier alpha value is -2.78. The van der Waals surface area contributed by atoms with Crippen LogP contribution in [0.1, 0.15) is 5.56 Å². The Bertz CT molecular complexity index is 1040. The molecular formula is C20H21F3N4O2. The Labute approximate surface area is 165 Å². The molecular weight excluding hydrogens is 385 g/mol. The monoisotopic (exact) mass is 406 g/mol. The van der Waals surface area contributed by atoms with E-state index in [9.17, 15) is 18.0 Å². The lowest BCUT2D eigenvalue weighted by atomic mass is 10.1. The number of nitrogens with one attached hydrogen (secondary N) is 1. The number of alkyl halides is 3. The smallest absolute Gasteiger partial charge is 0.369 e. The minimum Gasteiger partial charge on any atom is -0.369 e. The number of imidazole rings is 1. The first-order chi connectivity index (χ1) is 13.9. The Morgan fingerprint density at radius 3 is 2.52 bits per heavy atom. The van der Waals surface area contributed by atoms with Gasteiger partial charge in [0.2, 0.25) is 0 Å². The highest BCUT2D eigenvalue weighted by Crippen LogP contribution is 2.31. The molecule has 0 spiro atoms. The van der Waals surface area contributed by atoms with E-state index in [2.05, 4.69) is 4.98 Å². The SMILES string of the molecule is O=c1[nH]c2ccccc2n1CCON1CCN(c2cccc(C(F)(F)F)c2)CC1. The van der Waals surface area contributed by atoms with E-state index in [0.717, 1.165) is 17.1 Å². The van der Waals surface area contributed by atoms with E-state index in [0.29, 0.717) is 45.0 Å². The number of aromatic nitrogens is 2. The molecule has 0 unspecified atom stereocenters. The number of piperazine rings is 1. The Morgan fingerprint density at radius 1 is 1.00 bits per heavy atom. The van der Waals surface area contributed by atoms with Crippen LogP contribution in [0.2, 0.25) is 0 Å². The van der Waals surface area contributed by atoms with E-state index < -0.39 is 11.7 Å². The number of hydrogen-bond donors (Lipinski definition) is 1. The molecule has 2 aromatic carbocycles. The molecule has 3 aromatic rings. The molecule has 1 fully saturated rings. The number of para-hydroxylation sites is 2. The number of rotatable bonds is 5. The van der Waals surface area contributed by atoms with Crippen LogP contribution in [0, 0.1) is 0 Å². The predicted molar refractivity (Wildman–Crippen MR) is 104 cm³/mol. The molecule has 1 aliphatic heterocycles. The number of fused-ring (bicyclic) bond motifs is 1. The molecule has 1 saturated heterocycles. The summed E-state index contributed by atoms with van der Waals surface area (Å²) in [6.45, 7) is 3.02. The van der Waals surface area contributed by atoms with Gasteiger partial charge in [-0.3, -0.25) is 9.40 Å². The Kier molecular flexibility index (Phi) is 5.33. The molecule has 0 bridgehead atoms. The van der Waals surface area contributed by atoms with Gasteiger partial charge in [0.1, 0.15) is 0 Å². The maximum Gasteiger partial charge on any atom is 0.416 e. The van der Waals surface area contributed by atoms with Crippen LogP contribution < -0.4 is 10.6 Å². The largest absolute Gasteiger partial charge is 0.416 e. The van der Waals surface area contributed by atoms with E-state index in [1.807, 2.05) is 29.2 Å². The summed E-state index contributed by atoms with van der Waals surface area (Å²) in [7, 11) is 0. The summed E-state index contributed by atoms with van der Waals surface area (Å²) in [5.74, 6) is 0. The fourth-order valence-corrected chi connectivity index (χ4v) is 3.54. The number of anilines is 1. The van der Waals surface area contributed by atoms with Crippen LogP contribution in [-0.2, 0) is 17.6 Å². The van der Waals surface area contributed by atoms with Crippen molar-refractivity contribution in [2.75, 3.05) is 37.7 Å². The highest BCUT2D eigenvalue weighted by molar-refractivity contribution is 5.74. The van der Waals surface area contributed by atoms with Crippen LogP contribution in [0.5, 0.6) is 0 Å². The molecule has 0 aliphatic carbocycles. The summed E-state index contributed by atoms with van der Waals surface area (Å²) in [6.07, 6.45) is -4.35. The van der Waals surface area contributed by atoms with Crippen molar-refractivity contribution >= 4 is 16.7 Å². The quantitative estimate of drug-likeness (QED) is 0.708. The first-order valence-corrected chi connectivity index (χ1v) is 9.39. The molecule has 1 aromatic heterocycles. The second-order valence-electron chi connectivity index (χ2n) is 6.90. The van der Waals surface area contributed by atoms with E-state index in [4.69, 9.17) is 4.84 Å². The number of benzene rings is 2. The van der Waals surface area contributed by atoms with Crippen LogP contribution in [0.25, 0.3) is 11.0 Å². The van der Waals surface area contributed by atoms with Gasteiger partial charge in [-0.25, -0.2) is 4.79 Å². The first kappa shape index (κ1) is 19.5. The molecule has 29 heavy (non-hydrogen) atoms. The van der Waals surface area contributed by atoms with Gasteiger partial charge in [-0.1, -0.05) is 18.2 Å². The summed E-state index contributed by atoms with van der Waals surface area (Å²) in [5, 5.41) is 1.80. The van der Waals surface area contributed by atoms with Crippen molar-refractivity contribution in [3.8, 4) is 0 Å². The lowest BCUT2D eigenvalue weighted by molar-refractivity contribution is -0.163. The Balaban J connectivity index is 1.30. The highest BCUT2D eigenvalue weighted by atomic mass is 19.4. The van der Waals surface area contributed by atoms with Crippen LogP contribution in [-0.4, -0.2) is 47.4 Å². The molecule has 9 heteroatoms. The van der Waals surface area contributed by atoms with Gasteiger partial charge in [0.05, 0.1) is 29.7 Å². The van der Waals surface area contributed by atoms with Gasteiger partial charge in [-0.2, -0.15) is 18.2 Å². The van der Waals surface area contributed by atoms with E-state index in [1.165, 1.54) is 12.1 Å². The fraction of sp³-hybridized carbons (Fsp3) is 0.350. The average Bonchev–Trinajstić information content (AvgIpc) is 3.03. The standard InChI is InChI=1S/C20H21F3N4O2/c21-20(22,23)15-4-3-5-16(14-15)25-8-10-26(11-9-25)29-13-12-27-18-7-2-1-6-17(18)24-19(27)28/h1-7,14H,8-13H2,(H,24,28). The lowest BCUT2D eigenvalue weighted by Crippen LogP contribution is -2.46. The van der Waals surface area contributed by atoms with Crippen molar-refractivity contribution in [3.05, 3.63) is 64.6 Å². The number of aromatic amines is 1. The maximum atomic E-state index is 12.9. The number of hydrogen-bond acceptors (Lipinski definition) is 4. The topological polar surface area (TPSA) is 53.5 Å². The Morgan fingerprint density at radius 2 is 1.76 bits per heavy atom. The molecule has 0 saturated carbocycles. The summed E-state index contributed by atoms with van der Waals surface area (Å²) >= 11 is 0. The first-order valence-electron chi connectivity index (χ1n) is 9.39. The van der Waals surface area contributed by atoms with Crippen molar-refractivity contribution in [2.45, 2.75) is 12.7 Å². The van der Waals surface area contributed by atoms with Gasteiger partial charge in [-0.05, 0) is 30.3 Å². The second-order valence-corrected chi connectivity index (χ2v) is 6.90. The summed E-state index contributed by atoms with van der Waals surface area (Å²) < 4.78 is 40.4. The van der Waals surface area contributed by atoms with E-state index in [1.54, 1.807) is 15.7 Å². The zero-order chi connectivity index (χ0) is 20.4. The third-order valence-corrected chi connectivity index (χ3v) is 5.05. The van der Waals surface area contributed by atoms with E-state index >= 15 is 0 Å². The molecule has 4 rings (SSSR count). The van der Waals surface area contributed by atoms with Crippen molar-refractivity contribution < 1.29 is 18.0 Å². The fourth-order valence-electron chi connectivity index (χ4n) is 3.54. The average molecular weight is 406 g/mol. The molecule has 2 heterocycles. The number of hydroxylamine groups is 2. The lowest BCUT2D eigenvalue weighted by Gasteiger charge is -2.35. The van der Waals surface area contributed by atoms with Crippen molar-refractivity contribution in [1.29, 1.82) is 0 Å². The van der Waals surface area contributed by atoms with Gasteiger partial charge in [0.15, 0.2) is 0 Å². The third-order valence-electron chi connectivity index (χ3n) is 5.05. The molecule has 0 radical (unpaired) electrons. The van der Waals surface area contributed by atoms with Crippen LogP contribution in [0.3, 0.4) is 0 Å². The van der Waals surface area contributed by atoms with Gasteiger partial charge < -0.3 is 9.88 Å². The molecule has 0 atom stereocenters. The highest BCUT2D eigenvalue weighted by Gasteiger charge is 2.31.